The third-order valence-electron chi connectivity index (χ3n) is 4.71. The van der Waals surface area contributed by atoms with Crippen molar-refractivity contribution in [2.45, 2.75) is 6.54 Å². The van der Waals surface area contributed by atoms with Gasteiger partial charge in [0.1, 0.15) is 0 Å². The second-order valence-electron chi connectivity index (χ2n) is 6.41. The minimum Gasteiger partial charge on any atom is -0.368 e. The summed E-state index contributed by atoms with van der Waals surface area (Å²) in [7, 11) is 0. The first-order chi connectivity index (χ1) is 13.3. The zero-order valence-corrected chi connectivity index (χ0v) is 15.0. The number of urea groups is 1. The molecule has 0 atom stereocenters. The number of nitrogens with zero attached hydrogens (tertiary/aromatic N) is 5. The lowest BCUT2D eigenvalue weighted by atomic mass is 10.2. The maximum absolute atomic E-state index is 12.6. The average Bonchev–Trinajstić information content (AvgIpc) is 3.28. The predicted molar refractivity (Wildman–Crippen MR) is 104 cm³/mol. The molecule has 1 N–H and O–H groups in total. The van der Waals surface area contributed by atoms with Crippen molar-refractivity contribution >= 4 is 11.7 Å². The van der Waals surface area contributed by atoms with Gasteiger partial charge in [-0.1, -0.05) is 24.3 Å². The molecular formula is C20H22N6O. The molecule has 138 valence electrons. The van der Waals surface area contributed by atoms with Crippen LogP contribution in [0.3, 0.4) is 0 Å². The highest BCUT2D eigenvalue weighted by Gasteiger charge is 2.21. The summed E-state index contributed by atoms with van der Waals surface area (Å²) < 4.78 is 1.71. The Morgan fingerprint density at radius 1 is 0.963 bits per heavy atom. The molecule has 0 saturated carbocycles. The molecule has 4 rings (SSSR count). The van der Waals surface area contributed by atoms with Crippen LogP contribution in [0.2, 0.25) is 0 Å². The molecule has 0 unspecified atom stereocenters. The molecule has 3 heterocycles. The average molecular weight is 362 g/mol. The summed E-state index contributed by atoms with van der Waals surface area (Å²) in [5, 5.41) is 7.24. The van der Waals surface area contributed by atoms with Crippen LogP contribution in [0.1, 0.15) is 5.56 Å². The van der Waals surface area contributed by atoms with Crippen LogP contribution in [0.5, 0.6) is 0 Å². The van der Waals surface area contributed by atoms with Crippen LogP contribution < -0.4 is 10.2 Å². The van der Waals surface area contributed by atoms with E-state index in [1.807, 2.05) is 47.5 Å². The molecule has 2 amide bonds. The van der Waals surface area contributed by atoms with Gasteiger partial charge in [-0.15, -0.1) is 0 Å². The molecule has 27 heavy (non-hydrogen) atoms. The van der Waals surface area contributed by atoms with E-state index in [0.717, 1.165) is 24.5 Å². The van der Waals surface area contributed by atoms with E-state index in [2.05, 4.69) is 32.4 Å². The summed E-state index contributed by atoms with van der Waals surface area (Å²) in [5.41, 5.74) is 2.13. The molecule has 3 aromatic rings. The van der Waals surface area contributed by atoms with E-state index in [9.17, 15) is 4.79 Å². The normalized spacial score (nSPS) is 14.2. The van der Waals surface area contributed by atoms with Crippen molar-refractivity contribution in [3.63, 3.8) is 0 Å². The molecule has 0 aliphatic carbocycles. The molecule has 0 spiro atoms. The third-order valence-corrected chi connectivity index (χ3v) is 4.71. The number of amides is 2. The van der Waals surface area contributed by atoms with Crippen LogP contribution in [-0.2, 0) is 6.54 Å². The second-order valence-corrected chi connectivity index (χ2v) is 6.41. The van der Waals surface area contributed by atoms with Crippen molar-refractivity contribution in [3.8, 4) is 5.82 Å². The monoisotopic (exact) mass is 362 g/mol. The number of aromatic nitrogens is 3. The number of hydrogen-bond donors (Lipinski definition) is 1. The van der Waals surface area contributed by atoms with Crippen molar-refractivity contribution in [1.29, 1.82) is 0 Å². The van der Waals surface area contributed by atoms with Gasteiger partial charge in [0, 0.05) is 62.6 Å². The van der Waals surface area contributed by atoms with Gasteiger partial charge in [0.15, 0.2) is 5.82 Å². The number of pyridine rings is 1. The van der Waals surface area contributed by atoms with Gasteiger partial charge in [0.2, 0.25) is 0 Å². The molecule has 1 saturated heterocycles. The van der Waals surface area contributed by atoms with Crippen LogP contribution in [0.15, 0.2) is 67.1 Å². The molecule has 1 fully saturated rings. The van der Waals surface area contributed by atoms with Crippen molar-refractivity contribution in [2.24, 2.45) is 0 Å². The molecule has 0 bridgehead atoms. The van der Waals surface area contributed by atoms with Crippen LogP contribution in [-0.4, -0.2) is 51.9 Å². The quantitative estimate of drug-likeness (QED) is 0.773. The van der Waals surface area contributed by atoms with Gasteiger partial charge in [-0.25, -0.2) is 14.5 Å². The maximum Gasteiger partial charge on any atom is 0.317 e. The van der Waals surface area contributed by atoms with E-state index < -0.39 is 0 Å². The zero-order valence-electron chi connectivity index (χ0n) is 15.0. The Morgan fingerprint density at radius 3 is 2.52 bits per heavy atom. The lowest BCUT2D eigenvalue weighted by Crippen LogP contribution is -2.51. The van der Waals surface area contributed by atoms with Gasteiger partial charge < -0.3 is 15.1 Å². The van der Waals surface area contributed by atoms with Crippen molar-refractivity contribution in [3.05, 3.63) is 72.7 Å². The fourth-order valence-electron chi connectivity index (χ4n) is 3.26. The first-order valence-electron chi connectivity index (χ1n) is 9.08. The van der Waals surface area contributed by atoms with Gasteiger partial charge in [0.25, 0.3) is 0 Å². The topological polar surface area (TPSA) is 66.3 Å². The number of hydrogen-bond acceptors (Lipinski definition) is 4. The molecule has 1 aromatic carbocycles. The molecule has 2 aromatic heterocycles. The minimum atomic E-state index is -0.0435. The summed E-state index contributed by atoms with van der Waals surface area (Å²) in [6.07, 6.45) is 5.28. The van der Waals surface area contributed by atoms with E-state index >= 15 is 0 Å². The Labute approximate surface area is 158 Å². The van der Waals surface area contributed by atoms with Gasteiger partial charge in [-0.3, -0.25) is 0 Å². The highest BCUT2D eigenvalue weighted by molar-refractivity contribution is 5.74. The molecule has 1 aliphatic heterocycles. The summed E-state index contributed by atoms with van der Waals surface area (Å²) in [6, 6.07) is 15.9. The fraction of sp³-hybridized carbons (Fsp3) is 0.250. The van der Waals surface area contributed by atoms with E-state index in [-0.39, 0.29) is 6.03 Å². The second kappa shape index (κ2) is 7.90. The maximum atomic E-state index is 12.6. The fourth-order valence-corrected chi connectivity index (χ4v) is 3.26. The number of anilines is 1. The largest absolute Gasteiger partial charge is 0.368 e. The molecular weight excluding hydrogens is 340 g/mol. The summed E-state index contributed by atoms with van der Waals surface area (Å²) >= 11 is 0. The minimum absolute atomic E-state index is 0.0435. The van der Waals surface area contributed by atoms with E-state index in [4.69, 9.17) is 0 Å². The molecule has 1 aliphatic rings. The molecule has 7 heteroatoms. The number of rotatable bonds is 4. The zero-order chi connectivity index (χ0) is 18.5. The van der Waals surface area contributed by atoms with Crippen molar-refractivity contribution in [2.75, 3.05) is 31.1 Å². The van der Waals surface area contributed by atoms with Crippen molar-refractivity contribution in [1.82, 2.24) is 25.0 Å². The lowest BCUT2D eigenvalue weighted by molar-refractivity contribution is 0.194. The van der Waals surface area contributed by atoms with Gasteiger partial charge in [-0.2, -0.15) is 5.10 Å². The molecule has 7 nitrogen and oxygen atoms in total. The van der Waals surface area contributed by atoms with E-state index in [1.165, 1.54) is 5.69 Å². The smallest absolute Gasteiger partial charge is 0.317 e. The van der Waals surface area contributed by atoms with Crippen LogP contribution >= 0.6 is 0 Å². The third kappa shape index (κ3) is 3.92. The highest BCUT2D eigenvalue weighted by atomic mass is 16.2. The molecule has 0 radical (unpaired) electrons. The predicted octanol–water partition coefficient (Wildman–Crippen LogP) is 2.30. The number of carbonyl (C=O) groups is 1. The number of nitrogens with one attached hydrogen (secondary N) is 1. The van der Waals surface area contributed by atoms with Gasteiger partial charge in [-0.05, 0) is 24.3 Å². The first kappa shape index (κ1) is 17.1. The van der Waals surface area contributed by atoms with Crippen LogP contribution in [0.4, 0.5) is 10.5 Å². The first-order valence-corrected chi connectivity index (χ1v) is 9.08. The number of piperazine rings is 1. The lowest BCUT2D eigenvalue weighted by Gasteiger charge is -2.36. The standard InChI is InChI=1S/C20H22N6O/c27-20(25-14-12-24(13-15-25)18-7-2-1-3-8-18)22-16-17-6-4-9-21-19(17)26-11-5-10-23-26/h1-11H,12-16H2,(H,22,27). The summed E-state index contributed by atoms with van der Waals surface area (Å²) in [4.78, 5) is 21.1. The Kier molecular flexibility index (Phi) is 5.00. The van der Waals surface area contributed by atoms with Gasteiger partial charge in [0.05, 0.1) is 0 Å². The SMILES string of the molecule is O=C(NCc1cccnc1-n1cccn1)N1CCN(c2ccccc2)CC1. The van der Waals surface area contributed by atoms with Crippen molar-refractivity contribution < 1.29 is 4.79 Å². The number of carbonyl (C=O) groups excluding carboxylic acids is 1. The van der Waals surface area contributed by atoms with Gasteiger partial charge >= 0.3 is 6.03 Å². The summed E-state index contributed by atoms with van der Waals surface area (Å²) in [5.74, 6) is 0.733. The van der Waals surface area contributed by atoms with Crippen LogP contribution in [0, 0.1) is 0 Å². The summed E-state index contributed by atoms with van der Waals surface area (Å²) in [6.45, 7) is 3.51. The number of para-hydroxylation sites is 1. The Balaban J connectivity index is 1.33. The number of benzene rings is 1. The Morgan fingerprint density at radius 2 is 1.78 bits per heavy atom. The highest BCUT2D eigenvalue weighted by Crippen LogP contribution is 2.16. The van der Waals surface area contributed by atoms with E-state index in [1.54, 1.807) is 17.1 Å². The van der Waals surface area contributed by atoms with Crippen LogP contribution in [0.25, 0.3) is 5.82 Å². The Bertz CT molecular complexity index is 873. The Hall–Kier alpha value is -3.35. The van der Waals surface area contributed by atoms with E-state index in [0.29, 0.717) is 19.6 Å².